The van der Waals surface area contributed by atoms with Gasteiger partial charge >= 0.3 is 5.97 Å². The van der Waals surface area contributed by atoms with Crippen LogP contribution in [0.5, 0.6) is 0 Å². The highest BCUT2D eigenvalue weighted by Gasteiger charge is 2.18. The molecule has 0 heterocycles. The third-order valence-corrected chi connectivity index (χ3v) is 2.61. The molecule has 2 nitrogen and oxygen atoms in total. The van der Waals surface area contributed by atoms with Gasteiger partial charge in [-0.2, -0.15) is 0 Å². The predicted molar refractivity (Wildman–Crippen MR) is 72.8 cm³/mol. The van der Waals surface area contributed by atoms with Gasteiger partial charge in [0.15, 0.2) is 0 Å². The molecule has 2 atom stereocenters. The summed E-state index contributed by atoms with van der Waals surface area (Å²) in [6.45, 7) is 16.9. The highest BCUT2D eigenvalue weighted by molar-refractivity contribution is 5.86. The first-order chi connectivity index (χ1) is 7.61. The molecule has 0 amide bonds. The van der Waals surface area contributed by atoms with Crippen molar-refractivity contribution in [3.05, 3.63) is 12.2 Å². The molecule has 0 aromatic rings. The van der Waals surface area contributed by atoms with E-state index in [0.29, 0.717) is 29.4 Å². The number of carbonyl (C=O) groups is 1. The quantitative estimate of drug-likeness (QED) is 0.513. The summed E-state index contributed by atoms with van der Waals surface area (Å²) >= 11 is 0. The molecule has 0 saturated heterocycles. The van der Waals surface area contributed by atoms with Crippen molar-refractivity contribution in [1.29, 1.82) is 0 Å². The summed E-state index contributed by atoms with van der Waals surface area (Å²) in [7, 11) is 0. The Bertz CT molecular complexity index is 261. The van der Waals surface area contributed by atoms with Crippen LogP contribution in [0.15, 0.2) is 12.2 Å². The van der Waals surface area contributed by atoms with Crippen LogP contribution >= 0.6 is 0 Å². The second-order valence-electron chi connectivity index (χ2n) is 6.59. The molecule has 0 aromatic heterocycles. The van der Waals surface area contributed by atoms with Crippen molar-refractivity contribution in [3.63, 3.8) is 0 Å². The molecule has 0 aliphatic heterocycles. The van der Waals surface area contributed by atoms with Crippen LogP contribution in [0.1, 0.15) is 54.4 Å². The largest absolute Gasteiger partial charge is 0.462 e. The summed E-state index contributed by atoms with van der Waals surface area (Å²) < 4.78 is 5.16. The number of hydrogen-bond acceptors (Lipinski definition) is 2. The third-order valence-electron chi connectivity index (χ3n) is 2.61. The maximum atomic E-state index is 11.2. The zero-order chi connectivity index (χ0) is 13.6. The van der Waals surface area contributed by atoms with E-state index in [-0.39, 0.29) is 5.97 Å². The molecule has 0 aliphatic rings. The lowest BCUT2D eigenvalue weighted by atomic mass is 9.82. The van der Waals surface area contributed by atoms with Gasteiger partial charge in [0.2, 0.25) is 0 Å². The topological polar surface area (TPSA) is 26.3 Å². The number of esters is 1. The minimum atomic E-state index is -0.277. The Hall–Kier alpha value is -0.790. The van der Waals surface area contributed by atoms with Gasteiger partial charge in [-0.1, -0.05) is 41.2 Å². The summed E-state index contributed by atoms with van der Waals surface area (Å²) in [5, 5.41) is 0. The lowest BCUT2D eigenvalue weighted by Gasteiger charge is -2.25. The van der Waals surface area contributed by atoms with Gasteiger partial charge in [0, 0.05) is 5.57 Å². The van der Waals surface area contributed by atoms with E-state index in [0.717, 1.165) is 6.42 Å². The predicted octanol–water partition coefficient (Wildman–Crippen LogP) is 4.20. The van der Waals surface area contributed by atoms with Crippen LogP contribution in [-0.4, -0.2) is 12.6 Å². The lowest BCUT2D eigenvalue weighted by molar-refractivity contribution is -0.140. The average molecular weight is 240 g/mol. The summed E-state index contributed by atoms with van der Waals surface area (Å²) in [5.74, 6) is 0.796. The Morgan fingerprint density at radius 2 is 1.76 bits per heavy atom. The van der Waals surface area contributed by atoms with E-state index in [2.05, 4.69) is 41.2 Å². The van der Waals surface area contributed by atoms with Crippen molar-refractivity contribution in [3.8, 4) is 0 Å². The van der Waals surface area contributed by atoms with Crippen LogP contribution in [0, 0.1) is 17.3 Å². The van der Waals surface area contributed by atoms with E-state index in [9.17, 15) is 4.79 Å². The van der Waals surface area contributed by atoms with E-state index < -0.39 is 0 Å². The molecule has 17 heavy (non-hydrogen) atoms. The Morgan fingerprint density at radius 1 is 1.24 bits per heavy atom. The maximum absolute atomic E-state index is 11.2. The zero-order valence-corrected chi connectivity index (χ0v) is 12.3. The van der Waals surface area contributed by atoms with Crippen molar-refractivity contribution in [2.45, 2.75) is 54.4 Å². The fourth-order valence-corrected chi connectivity index (χ4v) is 2.22. The van der Waals surface area contributed by atoms with Crippen molar-refractivity contribution in [2.24, 2.45) is 17.3 Å². The minimum Gasteiger partial charge on any atom is -0.462 e. The molecular formula is C15H28O2. The van der Waals surface area contributed by atoms with Crippen LogP contribution in [0.3, 0.4) is 0 Å². The molecule has 2 unspecified atom stereocenters. The van der Waals surface area contributed by atoms with E-state index in [1.54, 1.807) is 6.92 Å². The molecule has 0 radical (unpaired) electrons. The van der Waals surface area contributed by atoms with E-state index in [4.69, 9.17) is 4.74 Å². The molecule has 0 saturated carbocycles. The van der Waals surface area contributed by atoms with Gasteiger partial charge in [-0.05, 0) is 37.0 Å². The molecule has 100 valence electrons. The smallest absolute Gasteiger partial charge is 0.333 e. The first kappa shape index (κ1) is 16.2. The molecule has 0 N–H and O–H groups in total. The average Bonchev–Trinajstić information content (AvgIpc) is 2.10. The Kier molecular flexibility index (Phi) is 6.51. The fourth-order valence-electron chi connectivity index (χ4n) is 2.22. The van der Waals surface area contributed by atoms with Crippen molar-refractivity contribution < 1.29 is 9.53 Å². The fraction of sp³-hybridized carbons (Fsp3) is 0.800. The van der Waals surface area contributed by atoms with Gasteiger partial charge in [-0.15, -0.1) is 0 Å². The van der Waals surface area contributed by atoms with Crippen molar-refractivity contribution in [1.82, 2.24) is 0 Å². The Morgan fingerprint density at radius 3 is 2.18 bits per heavy atom. The molecule has 0 rings (SSSR count). The molecule has 0 aromatic carbocycles. The zero-order valence-electron chi connectivity index (χ0n) is 12.3. The van der Waals surface area contributed by atoms with Gasteiger partial charge in [0.25, 0.3) is 0 Å². The van der Waals surface area contributed by atoms with Gasteiger partial charge in [0.05, 0.1) is 6.61 Å². The summed E-state index contributed by atoms with van der Waals surface area (Å²) in [6, 6.07) is 0. The molecule has 0 spiro atoms. The second-order valence-corrected chi connectivity index (χ2v) is 6.59. The second kappa shape index (κ2) is 6.83. The van der Waals surface area contributed by atoms with Crippen LogP contribution in [-0.2, 0) is 9.53 Å². The van der Waals surface area contributed by atoms with Crippen LogP contribution in [0.25, 0.3) is 0 Å². The minimum absolute atomic E-state index is 0.277. The maximum Gasteiger partial charge on any atom is 0.333 e. The number of hydrogen-bond donors (Lipinski definition) is 0. The monoisotopic (exact) mass is 240 g/mol. The molecule has 0 aliphatic carbocycles. The molecular weight excluding hydrogens is 212 g/mol. The van der Waals surface area contributed by atoms with Gasteiger partial charge in [0.1, 0.15) is 0 Å². The Balaban J connectivity index is 3.90. The van der Waals surface area contributed by atoms with Crippen molar-refractivity contribution in [2.75, 3.05) is 6.61 Å². The highest BCUT2D eigenvalue weighted by atomic mass is 16.5. The van der Waals surface area contributed by atoms with Gasteiger partial charge in [-0.3, -0.25) is 0 Å². The van der Waals surface area contributed by atoms with Crippen molar-refractivity contribution >= 4 is 5.97 Å². The number of rotatable bonds is 6. The first-order valence-corrected chi connectivity index (χ1v) is 6.44. The van der Waals surface area contributed by atoms with Gasteiger partial charge in [-0.25, -0.2) is 4.79 Å². The van der Waals surface area contributed by atoms with E-state index in [1.165, 1.54) is 6.42 Å². The highest BCUT2D eigenvalue weighted by Crippen LogP contribution is 2.28. The van der Waals surface area contributed by atoms with E-state index >= 15 is 0 Å². The summed E-state index contributed by atoms with van der Waals surface area (Å²) in [5.41, 5.74) is 0.841. The molecule has 2 heteroatoms. The summed E-state index contributed by atoms with van der Waals surface area (Å²) in [4.78, 5) is 11.2. The van der Waals surface area contributed by atoms with E-state index in [1.807, 2.05) is 0 Å². The lowest BCUT2D eigenvalue weighted by Crippen LogP contribution is -2.17. The standard InChI is InChI=1S/C15H28O2/c1-11(2)14(16)17-10-13(4)8-12(3)9-15(5,6)7/h12-13H,1,8-10H2,2-7H3. The first-order valence-electron chi connectivity index (χ1n) is 6.44. The molecule has 0 fully saturated rings. The number of ether oxygens (including phenoxy) is 1. The normalized spacial score (nSPS) is 15.2. The SMILES string of the molecule is C=C(C)C(=O)OCC(C)CC(C)CC(C)(C)C. The number of carbonyl (C=O) groups excluding carboxylic acids is 1. The Labute approximate surface area is 106 Å². The van der Waals surface area contributed by atoms with Crippen LogP contribution in [0.4, 0.5) is 0 Å². The molecule has 0 bridgehead atoms. The third kappa shape index (κ3) is 8.96. The van der Waals surface area contributed by atoms with Crippen LogP contribution < -0.4 is 0 Å². The van der Waals surface area contributed by atoms with Crippen LogP contribution in [0.2, 0.25) is 0 Å². The summed E-state index contributed by atoms with van der Waals surface area (Å²) in [6.07, 6.45) is 2.30. The van der Waals surface area contributed by atoms with Gasteiger partial charge < -0.3 is 4.74 Å².